The van der Waals surface area contributed by atoms with E-state index in [1.54, 1.807) is 0 Å². The first-order valence-electron chi connectivity index (χ1n) is 5.68. The second kappa shape index (κ2) is 3.65. The number of hydrogen-bond donors (Lipinski definition) is 1. The minimum atomic E-state index is 1.06. The molecule has 0 saturated heterocycles. The Hall–Kier alpha value is -2.20. The fraction of sp³-hybridized carbons (Fsp3) is 0. The van der Waals surface area contributed by atoms with Gasteiger partial charge >= 0.3 is 0 Å². The van der Waals surface area contributed by atoms with E-state index in [0.29, 0.717) is 0 Å². The topological polar surface area (TPSA) is 41.6 Å². The summed E-state index contributed by atoms with van der Waals surface area (Å²) in [5.41, 5.74) is 3.42. The van der Waals surface area contributed by atoms with E-state index in [4.69, 9.17) is 0 Å². The standard InChI is InChI=1S/C14H9N3S/c1-2-9-6-17-18-14(9)11(3-1)12-7-15-8-13-10(12)4-5-16-13/h1-8,16H. The van der Waals surface area contributed by atoms with Crippen LogP contribution in [0.25, 0.3) is 32.1 Å². The van der Waals surface area contributed by atoms with Gasteiger partial charge in [-0.05, 0) is 17.6 Å². The number of H-pyrrole nitrogens is 1. The van der Waals surface area contributed by atoms with Crippen molar-refractivity contribution in [3.63, 3.8) is 0 Å². The molecule has 0 aliphatic carbocycles. The van der Waals surface area contributed by atoms with E-state index in [9.17, 15) is 0 Å². The monoisotopic (exact) mass is 251 g/mol. The molecular formula is C14H9N3S. The van der Waals surface area contributed by atoms with E-state index in [1.165, 1.54) is 32.6 Å². The third-order valence-corrected chi connectivity index (χ3v) is 4.00. The van der Waals surface area contributed by atoms with Crippen LogP contribution in [0.5, 0.6) is 0 Å². The lowest BCUT2D eigenvalue weighted by Gasteiger charge is -2.04. The predicted molar refractivity (Wildman–Crippen MR) is 74.7 cm³/mol. The van der Waals surface area contributed by atoms with E-state index in [-0.39, 0.29) is 0 Å². The summed E-state index contributed by atoms with van der Waals surface area (Å²) >= 11 is 1.53. The van der Waals surface area contributed by atoms with Crippen LogP contribution in [0.15, 0.2) is 49.1 Å². The van der Waals surface area contributed by atoms with Gasteiger partial charge in [-0.15, -0.1) is 0 Å². The quantitative estimate of drug-likeness (QED) is 0.558. The highest BCUT2D eigenvalue weighted by atomic mass is 32.1. The highest BCUT2D eigenvalue weighted by Gasteiger charge is 2.09. The zero-order valence-electron chi connectivity index (χ0n) is 9.42. The lowest BCUT2D eigenvalue weighted by molar-refractivity contribution is 1.34. The molecule has 18 heavy (non-hydrogen) atoms. The zero-order chi connectivity index (χ0) is 11.9. The second-order valence-electron chi connectivity index (χ2n) is 4.18. The number of aromatic nitrogens is 3. The van der Waals surface area contributed by atoms with Gasteiger partial charge in [-0.25, -0.2) is 0 Å². The maximum atomic E-state index is 4.31. The van der Waals surface area contributed by atoms with Gasteiger partial charge in [-0.3, -0.25) is 4.98 Å². The molecule has 0 unspecified atom stereocenters. The maximum absolute atomic E-state index is 4.31. The number of pyridine rings is 1. The van der Waals surface area contributed by atoms with Gasteiger partial charge in [-0.1, -0.05) is 18.2 Å². The molecule has 0 radical (unpaired) electrons. The Morgan fingerprint density at radius 2 is 2.00 bits per heavy atom. The van der Waals surface area contributed by atoms with Crippen LogP contribution in [0.1, 0.15) is 0 Å². The smallest absolute Gasteiger partial charge is 0.0646 e. The van der Waals surface area contributed by atoms with Crippen molar-refractivity contribution < 1.29 is 0 Å². The van der Waals surface area contributed by atoms with Gasteiger partial charge in [0.05, 0.1) is 16.4 Å². The molecule has 4 heteroatoms. The number of hydrogen-bond acceptors (Lipinski definition) is 3. The van der Waals surface area contributed by atoms with Crippen molar-refractivity contribution in [2.45, 2.75) is 0 Å². The van der Waals surface area contributed by atoms with E-state index in [2.05, 4.69) is 38.6 Å². The van der Waals surface area contributed by atoms with Crippen molar-refractivity contribution in [2.24, 2.45) is 0 Å². The van der Waals surface area contributed by atoms with Crippen molar-refractivity contribution in [2.75, 3.05) is 0 Å². The number of nitrogens with zero attached hydrogens (tertiary/aromatic N) is 2. The number of benzene rings is 1. The van der Waals surface area contributed by atoms with Gasteiger partial charge in [0.1, 0.15) is 0 Å². The summed E-state index contributed by atoms with van der Waals surface area (Å²) in [5, 5.41) is 2.39. The molecule has 3 heterocycles. The number of fused-ring (bicyclic) bond motifs is 2. The van der Waals surface area contributed by atoms with Crippen LogP contribution >= 0.6 is 11.5 Å². The van der Waals surface area contributed by atoms with Crippen LogP contribution in [0.2, 0.25) is 0 Å². The second-order valence-corrected chi connectivity index (χ2v) is 4.98. The number of nitrogens with one attached hydrogen (secondary N) is 1. The highest BCUT2D eigenvalue weighted by molar-refractivity contribution is 7.14. The lowest BCUT2D eigenvalue weighted by Crippen LogP contribution is -1.82. The minimum Gasteiger partial charge on any atom is -0.360 e. The van der Waals surface area contributed by atoms with Gasteiger partial charge in [0.2, 0.25) is 0 Å². The van der Waals surface area contributed by atoms with Gasteiger partial charge in [0.15, 0.2) is 0 Å². The molecule has 3 aromatic heterocycles. The third-order valence-electron chi connectivity index (χ3n) is 3.15. The predicted octanol–water partition coefficient (Wildman–Crippen LogP) is 3.84. The Morgan fingerprint density at radius 1 is 1.00 bits per heavy atom. The summed E-state index contributed by atoms with van der Waals surface area (Å²) in [6, 6.07) is 8.38. The molecule has 0 fully saturated rings. The highest BCUT2D eigenvalue weighted by Crippen LogP contribution is 2.34. The van der Waals surface area contributed by atoms with E-state index in [1.807, 2.05) is 24.8 Å². The van der Waals surface area contributed by atoms with Crippen LogP contribution in [-0.4, -0.2) is 14.3 Å². The maximum Gasteiger partial charge on any atom is 0.0646 e. The lowest BCUT2D eigenvalue weighted by atomic mass is 10.0. The van der Waals surface area contributed by atoms with Gasteiger partial charge < -0.3 is 4.98 Å². The van der Waals surface area contributed by atoms with Gasteiger partial charge in [0, 0.05) is 40.5 Å². The summed E-state index contributed by atoms with van der Waals surface area (Å²) < 4.78 is 5.48. The molecule has 0 atom stereocenters. The van der Waals surface area contributed by atoms with Crippen LogP contribution in [0, 0.1) is 0 Å². The van der Waals surface area contributed by atoms with Crippen molar-refractivity contribution >= 4 is 32.5 Å². The first kappa shape index (κ1) is 9.79. The molecule has 86 valence electrons. The van der Waals surface area contributed by atoms with Gasteiger partial charge in [-0.2, -0.15) is 4.37 Å². The summed E-state index contributed by atoms with van der Waals surface area (Å²) in [6.07, 6.45) is 7.63. The van der Waals surface area contributed by atoms with Gasteiger partial charge in [0.25, 0.3) is 0 Å². The fourth-order valence-electron chi connectivity index (χ4n) is 2.30. The zero-order valence-corrected chi connectivity index (χ0v) is 10.2. The SMILES string of the molecule is c1cc(-c2cncc3[nH]ccc23)c2sncc2c1. The Labute approximate surface area is 107 Å². The van der Waals surface area contributed by atoms with Crippen LogP contribution in [0.4, 0.5) is 0 Å². The summed E-state index contributed by atoms with van der Waals surface area (Å²) in [6.45, 7) is 0. The molecule has 0 spiro atoms. The molecule has 1 N–H and O–H groups in total. The first-order chi connectivity index (χ1) is 8.93. The van der Waals surface area contributed by atoms with Crippen molar-refractivity contribution in [1.82, 2.24) is 14.3 Å². The molecule has 1 aromatic carbocycles. The Bertz CT molecular complexity index is 772. The molecule has 0 aliphatic heterocycles. The molecule has 4 aromatic rings. The van der Waals surface area contributed by atoms with Crippen LogP contribution in [-0.2, 0) is 0 Å². The molecule has 4 rings (SSSR count). The molecule has 0 aliphatic rings. The largest absolute Gasteiger partial charge is 0.360 e. The Morgan fingerprint density at radius 3 is 3.00 bits per heavy atom. The van der Waals surface area contributed by atoms with Crippen LogP contribution in [0.3, 0.4) is 0 Å². The third kappa shape index (κ3) is 1.29. The summed E-state index contributed by atoms with van der Waals surface area (Å²) in [7, 11) is 0. The Balaban J connectivity index is 2.13. The van der Waals surface area contributed by atoms with Crippen molar-refractivity contribution in [1.29, 1.82) is 0 Å². The number of rotatable bonds is 1. The summed E-state index contributed by atoms with van der Waals surface area (Å²) in [5.74, 6) is 0. The molecular weight excluding hydrogens is 242 g/mol. The minimum absolute atomic E-state index is 1.06. The van der Waals surface area contributed by atoms with Crippen molar-refractivity contribution in [3.8, 4) is 11.1 Å². The molecule has 3 nitrogen and oxygen atoms in total. The Kier molecular flexibility index (Phi) is 1.98. The fourth-order valence-corrected chi connectivity index (χ4v) is 3.08. The average molecular weight is 251 g/mol. The van der Waals surface area contributed by atoms with E-state index >= 15 is 0 Å². The number of aromatic amines is 1. The molecule has 0 saturated carbocycles. The van der Waals surface area contributed by atoms with Crippen LogP contribution < -0.4 is 0 Å². The van der Waals surface area contributed by atoms with Crippen molar-refractivity contribution in [3.05, 3.63) is 49.1 Å². The summed E-state index contributed by atoms with van der Waals surface area (Å²) in [4.78, 5) is 7.50. The molecule has 0 bridgehead atoms. The normalized spacial score (nSPS) is 11.3. The van der Waals surface area contributed by atoms with E-state index < -0.39 is 0 Å². The average Bonchev–Trinajstić information content (AvgIpc) is 3.06. The first-order valence-corrected chi connectivity index (χ1v) is 6.46. The molecule has 0 amide bonds. The van der Waals surface area contributed by atoms with E-state index in [0.717, 1.165) is 11.1 Å².